The third-order valence-corrected chi connectivity index (χ3v) is 5.80. The topological polar surface area (TPSA) is 32.3 Å². The summed E-state index contributed by atoms with van der Waals surface area (Å²) in [5, 5.41) is 7.42. The Hall–Kier alpha value is -1.30. The van der Waals surface area contributed by atoms with Crippen LogP contribution in [0.2, 0.25) is 0 Å². The van der Waals surface area contributed by atoms with E-state index in [0.717, 1.165) is 23.7 Å². The molecule has 23 heavy (non-hydrogen) atoms. The molecule has 3 rings (SSSR count). The molecule has 1 fully saturated rings. The Labute approximate surface area is 146 Å². The van der Waals surface area contributed by atoms with Gasteiger partial charge in [-0.1, -0.05) is 12.1 Å². The summed E-state index contributed by atoms with van der Waals surface area (Å²) >= 11 is 3.41. The predicted octanol–water partition coefficient (Wildman–Crippen LogP) is 4.64. The second-order valence-electron chi connectivity index (χ2n) is 5.75. The fourth-order valence-corrected chi connectivity index (χ4v) is 4.40. The normalized spacial score (nSPS) is 18.2. The lowest BCUT2D eigenvalue weighted by atomic mass is 10.1. The molecule has 1 aliphatic heterocycles. The molecule has 1 N–H and O–H groups in total. The van der Waals surface area contributed by atoms with E-state index in [9.17, 15) is 4.79 Å². The van der Waals surface area contributed by atoms with Crippen LogP contribution in [0.15, 0.2) is 46.0 Å². The number of carbonyl (C=O) groups excluding carboxylic acids is 1. The molecule has 1 amide bonds. The van der Waals surface area contributed by atoms with Crippen LogP contribution < -0.4 is 5.32 Å². The van der Waals surface area contributed by atoms with E-state index in [1.54, 1.807) is 23.1 Å². The number of amides is 1. The van der Waals surface area contributed by atoms with Gasteiger partial charge in [0, 0.05) is 23.9 Å². The highest BCUT2D eigenvalue weighted by atomic mass is 32.2. The Balaban J connectivity index is 1.54. The van der Waals surface area contributed by atoms with Crippen molar-refractivity contribution in [3.8, 4) is 0 Å². The van der Waals surface area contributed by atoms with Gasteiger partial charge in [0.15, 0.2) is 0 Å². The van der Waals surface area contributed by atoms with Crippen molar-refractivity contribution in [2.75, 3.05) is 24.7 Å². The fourth-order valence-electron chi connectivity index (χ4n) is 3.14. The zero-order chi connectivity index (χ0) is 16.1. The Morgan fingerprint density at radius 2 is 2.26 bits per heavy atom. The summed E-state index contributed by atoms with van der Waals surface area (Å²) in [5.74, 6) is 0.0995. The van der Waals surface area contributed by atoms with Crippen LogP contribution in [0.25, 0.3) is 0 Å². The maximum Gasteiger partial charge on any atom is 0.225 e. The molecule has 5 heteroatoms. The standard InChI is InChI=1S/C18H22N2OS2/c1-22-17-7-3-2-5-15(17)19-18(21)8-11-20-10-4-6-16(20)14-9-12-23-13-14/h2-3,5,7,9,12-13,16H,4,6,8,10-11H2,1H3,(H,19,21)/t16-/m1/s1. The molecule has 1 aromatic heterocycles. The molecular weight excluding hydrogens is 324 g/mol. The number of rotatable bonds is 6. The number of thioether (sulfide) groups is 1. The van der Waals surface area contributed by atoms with Gasteiger partial charge in [-0.3, -0.25) is 9.69 Å². The summed E-state index contributed by atoms with van der Waals surface area (Å²) in [6.07, 6.45) is 5.00. The Morgan fingerprint density at radius 1 is 1.39 bits per heavy atom. The van der Waals surface area contributed by atoms with Crippen molar-refractivity contribution < 1.29 is 4.79 Å². The number of likely N-dealkylation sites (tertiary alicyclic amines) is 1. The van der Waals surface area contributed by atoms with Crippen molar-refractivity contribution >= 4 is 34.7 Å². The summed E-state index contributed by atoms with van der Waals surface area (Å²) in [6, 6.07) is 10.7. The number of hydrogen-bond acceptors (Lipinski definition) is 4. The molecular formula is C18H22N2OS2. The zero-order valence-electron chi connectivity index (χ0n) is 13.3. The molecule has 2 heterocycles. The van der Waals surface area contributed by atoms with Gasteiger partial charge in [0.05, 0.1) is 5.69 Å². The Morgan fingerprint density at radius 3 is 3.04 bits per heavy atom. The molecule has 0 radical (unpaired) electrons. The summed E-state index contributed by atoms with van der Waals surface area (Å²) in [6.45, 7) is 1.92. The van der Waals surface area contributed by atoms with Crippen molar-refractivity contribution in [2.45, 2.75) is 30.2 Å². The summed E-state index contributed by atoms with van der Waals surface area (Å²) in [4.78, 5) is 15.8. The molecule has 0 spiro atoms. The predicted molar refractivity (Wildman–Crippen MR) is 99.3 cm³/mol. The maximum atomic E-state index is 12.3. The van der Waals surface area contributed by atoms with Crippen LogP contribution in [0.5, 0.6) is 0 Å². The molecule has 0 unspecified atom stereocenters. The molecule has 3 nitrogen and oxygen atoms in total. The van der Waals surface area contributed by atoms with E-state index < -0.39 is 0 Å². The summed E-state index contributed by atoms with van der Waals surface area (Å²) < 4.78 is 0. The van der Waals surface area contributed by atoms with E-state index in [-0.39, 0.29) is 5.91 Å². The van der Waals surface area contributed by atoms with E-state index in [1.165, 1.54) is 18.4 Å². The van der Waals surface area contributed by atoms with Crippen LogP contribution in [0.1, 0.15) is 30.9 Å². The molecule has 0 saturated carbocycles. The number of nitrogens with zero attached hydrogens (tertiary/aromatic N) is 1. The van der Waals surface area contributed by atoms with Crippen molar-refractivity contribution in [3.63, 3.8) is 0 Å². The summed E-state index contributed by atoms with van der Waals surface area (Å²) in [7, 11) is 0. The molecule has 2 aromatic rings. The minimum absolute atomic E-state index is 0.0995. The molecule has 0 bridgehead atoms. The third kappa shape index (κ3) is 4.16. The van der Waals surface area contributed by atoms with Crippen LogP contribution in [0.4, 0.5) is 5.69 Å². The first-order valence-corrected chi connectivity index (χ1v) is 10.1. The van der Waals surface area contributed by atoms with Gasteiger partial charge >= 0.3 is 0 Å². The van der Waals surface area contributed by atoms with Gasteiger partial charge in [-0.2, -0.15) is 11.3 Å². The van der Waals surface area contributed by atoms with Crippen molar-refractivity contribution in [1.82, 2.24) is 4.90 Å². The second kappa shape index (κ2) is 7.99. The smallest absolute Gasteiger partial charge is 0.225 e. The lowest BCUT2D eigenvalue weighted by Gasteiger charge is -2.23. The SMILES string of the molecule is CSc1ccccc1NC(=O)CCN1CCC[C@@H]1c1ccsc1. The van der Waals surface area contributed by atoms with Gasteiger partial charge in [-0.25, -0.2) is 0 Å². The third-order valence-electron chi connectivity index (χ3n) is 4.30. The molecule has 122 valence electrons. The van der Waals surface area contributed by atoms with E-state index in [1.807, 2.05) is 30.5 Å². The second-order valence-corrected chi connectivity index (χ2v) is 7.38. The molecule has 1 atom stereocenters. The number of nitrogens with one attached hydrogen (secondary N) is 1. The quantitative estimate of drug-likeness (QED) is 0.774. The van der Waals surface area contributed by atoms with Crippen LogP contribution >= 0.6 is 23.1 Å². The van der Waals surface area contributed by atoms with Gasteiger partial charge in [-0.15, -0.1) is 11.8 Å². The highest BCUT2D eigenvalue weighted by molar-refractivity contribution is 7.98. The first-order chi connectivity index (χ1) is 11.3. The first kappa shape index (κ1) is 16.6. The fraction of sp³-hybridized carbons (Fsp3) is 0.389. The highest BCUT2D eigenvalue weighted by Crippen LogP contribution is 2.33. The first-order valence-electron chi connectivity index (χ1n) is 7.97. The van der Waals surface area contributed by atoms with Gasteiger partial charge in [0.25, 0.3) is 0 Å². The number of anilines is 1. The van der Waals surface area contributed by atoms with E-state index in [2.05, 4.69) is 27.0 Å². The minimum atomic E-state index is 0.0995. The zero-order valence-corrected chi connectivity index (χ0v) is 15.0. The molecule has 0 aliphatic carbocycles. The summed E-state index contributed by atoms with van der Waals surface area (Å²) in [5.41, 5.74) is 2.32. The number of para-hydroxylation sites is 1. The number of carbonyl (C=O) groups is 1. The van der Waals surface area contributed by atoms with Gasteiger partial charge in [-0.05, 0) is 60.2 Å². The van der Waals surface area contributed by atoms with Crippen LogP contribution in [-0.4, -0.2) is 30.2 Å². The average Bonchev–Trinajstić information content (AvgIpc) is 3.24. The highest BCUT2D eigenvalue weighted by Gasteiger charge is 2.26. The van der Waals surface area contributed by atoms with E-state index >= 15 is 0 Å². The lowest BCUT2D eigenvalue weighted by molar-refractivity contribution is -0.116. The van der Waals surface area contributed by atoms with E-state index in [4.69, 9.17) is 0 Å². The number of thiophene rings is 1. The number of hydrogen-bond donors (Lipinski definition) is 1. The van der Waals surface area contributed by atoms with Gasteiger partial charge in [0.2, 0.25) is 5.91 Å². The van der Waals surface area contributed by atoms with Crippen molar-refractivity contribution in [1.29, 1.82) is 0 Å². The Kier molecular flexibility index (Phi) is 5.75. The van der Waals surface area contributed by atoms with Gasteiger partial charge in [0.1, 0.15) is 0 Å². The average molecular weight is 347 g/mol. The maximum absolute atomic E-state index is 12.3. The minimum Gasteiger partial charge on any atom is -0.325 e. The van der Waals surface area contributed by atoms with Gasteiger partial charge < -0.3 is 5.32 Å². The van der Waals surface area contributed by atoms with E-state index in [0.29, 0.717) is 12.5 Å². The molecule has 1 aromatic carbocycles. The van der Waals surface area contributed by atoms with Crippen molar-refractivity contribution in [2.24, 2.45) is 0 Å². The lowest BCUT2D eigenvalue weighted by Crippen LogP contribution is -2.27. The largest absolute Gasteiger partial charge is 0.325 e. The van der Waals surface area contributed by atoms with Crippen LogP contribution in [0, 0.1) is 0 Å². The van der Waals surface area contributed by atoms with Crippen molar-refractivity contribution in [3.05, 3.63) is 46.7 Å². The number of benzene rings is 1. The Bertz CT molecular complexity index is 642. The monoisotopic (exact) mass is 346 g/mol. The van der Waals surface area contributed by atoms with Crippen LogP contribution in [-0.2, 0) is 4.79 Å². The molecule has 1 saturated heterocycles. The van der Waals surface area contributed by atoms with Crippen LogP contribution in [0.3, 0.4) is 0 Å². The molecule has 1 aliphatic rings.